The highest BCUT2D eigenvalue weighted by Gasteiger charge is 2.43. The number of hydrogen-bond acceptors (Lipinski definition) is 6. The van der Waals surface area contributed by atoms with Crippen LogP contribution in [0.2, 0.25) is 0 Å². The Morgan fingerprint density at radius 3 is 2.47 bits per heavy atom. The smallest absolute Gasteiger partial charge is 0.257 e. The lowest BCUT2D eigenvalue weighted by Gasteiger charge is -2.38. The van der Waals surface area contributed by atoms with Crippen molar-refractivity contribution in [2.45, 2.75) is 32.6 Å². The van der Waals surface area contributed by atoms with Crippen LogP contribution in [-0.4, -0.2) is 30.0 Å². The van der Waals surface area contributed by atoms with E-state index in [2.05, 4.69) is 24.1 Å². The van der Waals surface area contributed by atoms with Gasteiger partial charge in [-0.1, -0.05) is 44.2 Å². The Morgan fingerprint density at radius 2 is 1.76 bits per heavy atom. The molecule has 1 atom stereocenters. The van der Waals surface area contributed by atoms with E-state index in [0.29, 0.717) is 52.7 Å². The second-order valence-electron chi connectivity index (χ2n) is 9.54. The van der Waals surface area contributed by atoms with Gasteiger partial charge in [-0.3, -0.25) is 9.59 Å². The molecule has 3 aromatic rings. The van der Waals surface area contributed by atoms with Crippen molar-refractivity contribution >= 4 is 11.6 Å². The molecule has 0 amide bonds. The van der Waals surface area contributed by atoms with E-state index in [1.165, 1.54) is 0 Å². The number of hydrogen-bond donors (Lipinski definition) is 2. The molecule has 0 spiro atoms. The monoisotopic (exact) mass is 457 g/mol. The van der Waals surface area contributed by atoms with Crippen molar-refractivity contribution in [2.24, 2.45) is 5.41 Å². The van der Waals surface area contributed by atoms with Crippen molar-refractivity contribution in [1.82, 2.24) is 9.97 Å². The van der Waals surface area contributed by atoms with Gasteiger partial charge in [0.25, 0.3) is 5.56 Å². The number of Topliss-reactive ketones (excluding diaryl/α,β-unsaturated/α-hetero) is 1. The van der Waals surface area contributed by atoms with Crippen LogP contribution >= 0.6 is 0 Å². The lowest BCUT2D eigenvalue weighted by molar-refractivity contribution is -0.118. The first-order valence-electron chi connectivity index (χ1n) is 11.3. The molecular formula is C27H27N3O4. The summed E-state index contributed by atoms with van der Waals surface area (Å²) in [6.45, 7) is 4.15. The Morgan fingerprint density at radius 1 is 1.00 bits per heavy atom. The minimum atomic E-state index is -0.624. The lowest BCUT2D eigenvalue weighted by Crippen LogP contribution is -2.37. The second kappa shape index (κ2) is 8.17. The molecule has 0 radical (unpaired) electrons. The number of ketones is 1. The summed E-state index contributed by atoms with van der Waals surface area (Å²) in [7, 11) is 3.16. The van der Waals surface area contributed by atoms with E-state index < -0.39 is 5.92 Å². The summed E-state index contributed by atoms with van der Waals surface area (Å²) in [6, 6.07) is 14.9. The topological polar surface area (TPSA) is 93.3 Å². The van der Waals surface area contributed by atoms with Crippen molar-refractivity contribution in [1.29, 1.82) is 0 Å². The predicted octanol–water partition coefficient (Wildman–Crippen LogP) is 4.65. The molecule has 174 valence electrons. The predicted molar refractivity (Wildman–Crippen MR) is 130 cm³/mol. The van der Waals surface area contributed by atoms with E-state index in [4.69, 9.17) is 14.5 Å². The standard InChI is InChI=1S/C27H27N3O4/c1-27(2)13-18-22(19(31)14-27)21(17-12-16(33-3)10-11-20(17)34-4)23-25(28-18)29-24(30-26(23)32)15-8-6-5-7-9-15/h5-12,21H,13-14H2,1-4H3,(H2,28,29,30,32)/t21-/m1/s1. The van der Waals surface area contributed by atoms with Crippen molar-refractivity contribution in [3.05, 3.63) is 81.3 Å². The highest BCUT2D eigenvalue weighted by molar-refractivity contribution is 6.01. The summed E-state index contributed by atoms with van der Waals surface area (Å²) in [5.41, 5.74) is 2.81. The summed E-state index contributed by atoms with van der Waals surface area (Å²) < 4.78 is 11.1. The minimum absolute atomic E-state index is 0.0193. The number of methoxy groups -OCH3 is 2. The van der Waals surface area contributed by atoms with E-state index in [1.54, 1.807) is 26.4 Å². The molecule has 7 nitrogen and oxygen atoms in total. The van der Waals surface area contributed by atoms with Crippen LogP contribution in [0.15, 0.2) is 64.6 Å². The molecule has 0 saturated heterocycles. The van der Waals surface area contributed by atoms with Crippen LogP contribution in [0.3, 0.4) is 0 Å². The Hall–Kier alpha value is -3.87. The van der Waals surface area contributed by atoms with E-state index >= 15 is 0 Å². The van der Waals surface area contributed by atoms with Crippen LogP contribution in [-0.2, 0) is 4.79 Å². The van der Waals surface area contributed by atoms with Crippen molar-refractivity contribution in [3.63, 3.8) is 0 Å². The number of anilines is 1. The Bertz CT molecular complexity index is 1370. The average molecular weight is 458 g/mol. The molecule has 2 heterocycles. The van der Waals surface area contributed by atoms with Gasteiger partial charge >= 0.3 is 0 Å². The molecule has 0 unspecified atom stereocenters. The highest BCUT2D eigenvalue weighted by Crippen LogP contribution is 2.49. The summed E-state index contributed by atoms with van der Waals surface area (Å²) in [6.07, 6.45) is 1.07. The number of allylic oxidation sites excluding steroid dienone is 2. The van der Waals surface area contributed by atoms with Gasteiger partial charge in [-0.2, -0.15) is 0 Å². The first-order valence-corrected chi connectivity index (χ1v) is 11.3. The molecule has 0 bridgehead atoms. The molecule has 34 heavy (non-hydrogen) atoms. The molecular weight excluding hydrogens is 430 g/mol. The fraction of sp³-hybridized carbons (Fsp3) is 0.296. The zero-order valence-corrected chi connectivity index (χ0v) is 19.7. The maximum atomic E-state index is 13.6. The number of aromatic nitrogens is 2. The zero-order chi connectivity index (χ0) is 24.0. The number of nitrogens with one attached hydrogen (secondary N) is 2. The fourth-order valence-electron chi connectivity index (χ4n) is 5.02. The summed E-state index contributed by atoms with van der Waals surface area (Å²) in [4.78, 5) is 34.8. The first kappa shape index (κ1) is 21.9. The Kier molecular flexibility index (Phi) is 5.27. The molecule has 2 N–H and O–H groups in total. The van der Waals surface area contributed by atoms with Crippen LogP contribution in [0.4, 0.5) is 5.82 Å². The van der Waals surface area contributed by atoms with Gasteiger partial charge in [-0.05, 0) is 30.0 Å². The SMILES string of the molecule is COc1ccc(OC)c([C@@H]2C3=C(CC(C)(C)CC3=O)Nc3nc(-c4ccccc4)[nH]c(=O)c32)c1. The maximum absolute atomic E-state index is 13.6. The molecule has 5 rings (SSSR count). The second-order valence-corrected chi connectivity index (χ2v) is 9.54. The molecule has 0 saturated carbocycles. The van der Waals surface area contributed by atoms with Crippen molar-refractivity contribution < 1.29 is 14.3 Å². The molecule has 1 aliphatic heterocycles. The number of carbonyl (C=O) groups excluding carboxylic acids is 1. The third-order valence-corrected chi connectivity index (χ3v) is 6.52. The summed E-state index contributed by atoms with van der Waals surface area (Å²) in [5, 5.41) is 3.36. The number of ether oxygens (including phenoxy) is 2. The molecule has 1 aromatic heterocycles. The molecule has 7 heteroatoms. The number of carbonyl (C=O) groups is 1. The maximum Gasteiger partial charge on any atom is 0.257 e. The van der Waals surface area contributed by atoms with Crippen LogP contribution in [0.1, 0.15) is 43.7 Å². The molecule has 1 aliphatic carbocycles. The lowest BCUT2D eigenvalue weighted by atomic mass is 9.69. The van der Waals surface area contributed by atoms with E-state index in [1.807, 2.05) is 36.4 Å². The van der Waals surface area contributed by atoms with Gasteiger partial charge in [0.2, 0.25) is 0 Å². The molecule has 2 aliphatic rings. The molecule has 0 fully saturated rings. The number of rotatable bonds is 4. The average Bonchev–Trinajstić information content (AvgIpc) is 2.82. The quantitative estimate of drug-likeness (QED) is 0.592. The van der Waals surface area contributed by atoms with Gasteiger partial charge in [-0.15, -0.1) is 0 Å². The normalized spacial score (nSPS) is 18.6. The number of nitrogens with zero attached hydrogens (tertiary/aromatic N) is 1. The van der Waals surface area contributed by atoms with E-state index in [-0.39, 0.29) is 16.8 Å². The van der Waals surface area contributed by atoms with Crippen molar-refractivity contribution in [2.75, 3.05) is 19.5 Å². The van der Waals surface area contributed by atoms with Gasteiger partial charge in [0.1, 0.15) is 23.1 Å². The fourth-order valence-corrected chi connectivity index (χ4v) is 5.02. The summed E-state index contributed by atoms with van der Waals surface area (Å²) in [5.74, 6) is 1.52. The van der Waals surface area contributed by atoms with Crippen LogP contribution in [0.5, 0.6) is 11.5 Å². The largest absolute Gasteiger partial charge is 0.497 e. The Labute approximate surface area is 197 Å². The molecule has 2 aromatic carbocycles. The van der Waals surface area contributed by atoms with E-state index in [0.717, 1.165) is 11.3 Å². The van der Waals surface area contributed by atoms with Gasteiger partial charge in [0, 0.05) is 28.8 Å². The van der Waals surface area contributed by atoms with Gasteiger partial charge in [0.15, 0.2) is 5.78 Å². The number of aromatic amines is 1. The Balaban J connectivity index is 1.78. The van der Waals surface area contributed by atoms with Crippen LogP contribution in [0.25, 0.3) is 11.4 Å². The number of fused-ring (bicyclic) bond motifs is 1. The first-order chi connectivity index (χ1) is 16.3. The van der Waals surface area contributed by atoms with Gasteiger partial charge in [0.05, 0.1) is 25.7 Å². The zero-order valence-electron chi connectivity index (χ0n) is 19.7. The van der Waals surface area contributed by atoms with E-state index in [9.17, 15) is 9.59 Å². The van der Waals surface area contributed by atoms with Gasteiger partial charge < -0.3 is 19.8 Å². The van der Waals surface area contributed by atoms with Crippen LogP contribution < -0.4 is 20.3 Å². The van der Waals surface area contributed by atoms with Crippen LogP contribution in [0, 0.1) is 5.41 Å². The minimum Gasteiger partial charge on any atom is -0.497 e. The van der Waals surface area contributed by atoms with Crippen molar-refractivity contribution in [3.8, 4) is 22.9 Å². The summed E-state index contributed by atoms with van der Waals surface area (Å²) >= 11 is 0. The number of benzene rings is 2. The van der Waals surface area contributed by atoms with Gasteiger partial charge in [-0.25, -0.2) is 4.98 Å². The highest BCUT2D eigenvalue weighted by atomic mass is 16.5. The third kappa shape index (κ3) is 3.67. The third-order valence-electron chi connectivity index (χ3n) is 6.52. The number of H-pyrrole nitrogens is 1.